The van der Waals surface area contributed by atoms with Crippen LogP contribution < -0.4 is 5.32 Å². The lowest BCUT2D eigenvalue weighted by molar-refractivity contribution is 0.638. The average molecular weight is 224 g/mol. The van der Waals surface area contributed by atoms with Crippen molar-refractivity contribution in [2.24, 2.45) is 5.92 Å². The van der Waals surface area contributed by atoms with E-state index in [1.165, 1.54) is 22.0 Å². The van der Waals surface area contributed by atoms with Crippen LogP contribution in [0.1, 0.15) is 41.8 Å². The molecule has 1 saturated heterocycles. The van der Waals surface area contributed by atoms with Gasteiger partial charge in [-0.3, -0.25) is 0 Å². The van der Waals surface area contributed by atoms with E-state index in [0.29, 0.717) is 11.8 Å². The molecule has 0 aliphatic carbocycles. The summed E-state index contributed by atoms with van der Waals surface area (Å²) in [5.74, 6) is 1.38. The van der Waals surface area contributed by atoms with Crippen molar-refractivity contribution in [1.82, 2.24) is 10.3 Å². The third kappa shape index (κ3) is 2.58. The molecular formula is C12H20N2S. The molecule has 1 aromatic rings. The maximum Gasteiger partial charge on any atom is 0.0933 e. The molecule has 1 atom stereocenters. The molecule has 0 radical (unpaired) electrons. The predicted molar refractivity (Wildman–Crippen MR) is 65.6 cm³/mol. The van der Waals surface area contributed by atoms with Crippen molar-refractivity contribution in [2.45, 2.75) is 39.5 Å². The Morgan fingerprint density at radius 2 is 2.33 bits per heavy atom. The van der Waals surface area contributed by atoms with Gasteiger partial charge in [-0.05, 0) is 25.8 Å². The number of hydrogen-bond donors (Lipinski definition) is 1. The van der Waals surface area contributed by atoms with E-state index >= 15 is 0 Å². The van der Waals surface area contributed by atoms with Gasteiger partial charge in [0.15, 0.2) is 0 Å². The van der Waals surface area contributed by atoms with Crippen LogP contribution in [-0.4, -0.2) is 18.1 Å². The summed E-state index contributed by atoms with van der Waals surface area (Å²) in [6, 6.07) is 0. The van der Waals surface area contributed by atoms with Crippen molar-refractivity contribution in [3.63, 3.8) is 0 Å². The Kier molecular flexibility index (Phi) is 3.42. The normalized spacial score (nSPS) is 21.5. The molecule has 84 valence electrons. The highest BCUT2D eigenvalue weighted by Crippen LogP contribution is 2.29. The fourth-order valence-electron chi connectivity index (χ4n) is 2.17. The van der Waals surface area contributed by atoms with Gasteiger partial charge in [0.25, 0.3) is 0 Å². The monoisotopic (exact) mass is 224 g/mol. The Morgan fingerprint density at radius 1 is 1.53 bits per heavy atom. The fourth-order valence-corrected chi connectivity index (χ4v) is 3.40. The highest BCUT2D eigenvalue weighted by Gasteiger charge is 2.21. The van der Waals surface area contributed by atoms with Crippen LogP contribution in [0, 0.1) is 12.8 Å². The van der Waals surface area contributed by atoms with Gasteiger partial charge in [0.05, 0.1) is 10.7 Å². The Bertz CT molecular complexity index is 324. The van der Waals surface area contributed by atoms with Crippen LogP contribution in [0.15, 0.2) is 0 Å². The molecule has 2 nitrogen and oxygen atoms in total. The standard InChI is InChI=1S/C12H20N2S/c1-8(2)6-11-14-12(9(3)15-11)10-4-5-13-7-10/h8,10,13H,4-7H2,1-3H3. The first-order valence-electron chi connectivity index (χ1n) is 5.83. The van der Waals surface area contributed by atoms with Crippen LogP contribution in [0.3, 0.4) is 0 Å². The van der Waals surface area contributed by atoms with E-state index in [1.807, 2.05) is 11.3 Å². The van der Waals surface area contributed by atoms with Crippen LogP contribution in [0.25, 0.3) is 0 Å². The van der Waals surface area contributed by atoms with Crippen molar-refractivity contribution >= 4 is 11.3 Å². The molecular weight excluding hydrogens is 204 g/mol. The molecule has 1 unspecified atom stereocenters. The van der Waals surface area contributed by atoms with Gasteiger partial charge in [-0.1, -0.05) is 13.8 Å². The molecule has 2 rings (SSSR count). The summed E-state index contributed by atoms with van der Waals surface area (Å²) in [4.78, 5) is 6.24. The van der Waals surface area contributed by atoms with E-state index in [2.05, 4.69) is 26.1 Å². The van der Waals surface area contributed by atoms with E-state index in [1.54, 1.807) is 0 Å². The Labute approximate surface area is 96.1 Å². The molecule has 2 heterocycles. The van der Waals surface area contributed by atoms with Crippen LogP contribution in [0.5, 0.6) is 0 Å². The van der Waals surface area contributed by atoms with Gasteiger partial charge in [-0.2, -0.15) is 0 Å². The molecule has 3 heteroatoms. The highest BCUT2D eigenvalue weighted by molar-refractivity contribution is 7.11. The van der Waals surface area contributed by atoms with Gasteiger partial charge < -0.3 is 5.32 Å². The van der Waals surface area contributed by atoms with Crippen molar-refractivity contribution in [3.8, 4) is 0 Å². The molecule has 0 saturated carbocycles. The summed E-state index contributed by atoms with van der Waals surface area (Å²) < 4.78 is 0. The quantitative estimate of drug-likeness (QED) is 0.854. The SMILES string of the molecule is Cc1sc(CC(C)C)nc1C1CCNC1. The topological polar surface area (TPSA) is 24.9 Å². The zero-order chi connectivity index (χ0) is 10.8. The van der Waals surface area contributed by atoms with Gasteiger partial charge in [0.2, 0.25) is 0 Å². The van der Waals surface area contributed by atoms with Crippen molar-refractivity contribution in [1.29, 1.82) is 0 Å². The summed E-state index contributed by atoms with van der Waals surface area (Å²) in [7, 11) is 0. The Morgan fingerprint density at radius 3 is 2.93 bits per heavy atom. The van der Waals surface area contributed by atoms with Crippen molar-refractivity contribution < 1.29 is 0 Å². The third-order valence-electron chi connectivity index (χ3n) is 2.91. The third-order valence-corrected chi connectivity index (χ3v) is 3.92. The lowest BCUT2D eigenvalue weighted by atomic mass is 10.0. The summed E-state index contributed by atoms with van der Waals surface area (Å²) >= 11 is 1.89. The molecule has 1 aliphatic rings. The van der Waals surface area contributed by atoms with Gasteiger partial charge in [0, 0.05) is 23.8 Å². The molecule has 1 aliphatic heterocycles. The molecule has 1 fully saturated rings. The molecule has 0 spiro atoms. The molecule has 0 bridgehead atoms. The maximum absolute atomic E-state index is 4.81. The van der Waals surface area contributed by atoms with E-state index in [0.717, 1.165) is 19.5 Å². The smallest absolute Gasteiger partial charge is 0.0933 e. The van der Waals surface area contributed by atoms with Gasteiger partial charge >= 0.3 is 0 Å². The van der Waals surface area contributed by atoms with Crippen molar-refractivity contribution in [3.05, 3.63) is 15.6 Å². The zero-order valence-electron chi connectivity index (χ0n) is 9.84. The average Bonchev–Trinajstić information content (AvgIpc) is 2.72. The second-order valence-corrected chi connectivity index (χ2v) is 6.12. The number of nitrogens with one attached hydrogen (secondary N) is 1. The van der Waals surface area contributed by atoms with E-state index < -0.39 is 0 Å². The number of aromatic nitrogens is 1. The molecule has 15 heavy (non-hydrogen) atoms. The summed E-state index contributed by atoms with van der Waals surface area (Å²) in [6.45, 7) is 9.00. The first-order chi connectivity index (χ1) is 7.16. The number of aryl methyl sites for hydroxylation is 1. The van der Waals surface area contributed by atoms with E-state index in [4.69, 9.17) is 4.98 Å². The Hall–Kier alpha value is -0.410. The minimum absolute atomic E-state index is 0.669. The number of thiazole rings is 1. The van der Waals surface area contributed by atoms with Gasteiger partial charge in [-0.25, -0.2) is 4.98 Å². The van der Waals surface area contributed by atoms with Crippen LogP contribution in [0.4, 0.5) is 0 Å². The number of nitrogens with zero attached hydrogens (tertiary/aromatic N) is 1. The molecule has 0 amide bonds. The molecule has 0 aromatic carbocycles. The summed E-state index contributed by atoms with van der Waals surface area (Å²) in [5.41, 5.74) is 1.36. The lowest BCUT2D eigenvalue weighted by Gasteiger charge is -2.05. The van der Waals surface area contributed by atoms with Gasteiger partial charge in [0.1, 0.15) is 0 Å². The Balaban J connectivity index is 2.13. The van der Waals surface area contributed by atoms with Crippen LogP contribution in [-0.2, 0) is 6.42 Å². The molecule has 1 N–H and O–H groups in total. The minimum atomic E-state index is 0.669. The lowest BCUT2D eigenvalue weighted by Crippen LogP contribution is -2.08. The zero-order valence-corrected chi connectivity index (χ0v) is 10.7. The summed E-state index contributed by atoms with van der Waals surface area (Å²) in [5, 5.41) is 4.74. The highest BCUT2D eigenvalue weighted by atomic mass is 32.1. The van der Waals surface area contributed by atoms with Gasteiger partial charge in [-0.15, -0.1) is 11.3 Å². The van der Waals surface area contributed by atoms with Crippen LogP contribution in [0.2, 0.25) is 0 Å². The molecule has 1 aromatic heterocycles. The first kappa shape index (κ1) is 11.1. The minimum Gasteiger partial charge on any atom is -0.316 e. The van der Waals surface area contributed by atoms with Crippen molar-refractivity contribution in [2.75, 3.05) is 13.1 Å². The largest absolute Gasteiger partial charge is 0.316 e. The van der Waals surface area contributed by atoms with E-state index in [-0.39, 0.29) is 0 Å². The number of rotatable bonds is 3. The first-order valence-corrected chi connectivity index (χ1v) is 6.65. The fraction of sp³-hybridized carbons (Fsp3) is 0.750. The predicted octanol–water partition coefficient (Wildman–Crippen LogP) is 2.73. The second-order valence-electron chi connectivity index (χ2n) is 4.84. The second kappa shape index (κ2) is 4.62. The summed E-state index contributed by atoms with van der Waals surface area (Å²) in [6.07, 6.45) is 2.39. The van der Waals surface area contributed by atoms with Crippen LogP contribution >= 0.6 is 11.3 Å². The number of hydrogen-bond acceptors (Lipinski definition) is 3. The maximum atomic E-state index is 4.81. The van der Waals surface area contributed by atoms with E-state index in [9.17, 15) is 0 Å².